The molecule has 1 aromatic heterocycles. The number of aromatic nitrogens is 1. The molecule has 1 N–H and O–H groups in total. The van der Waals surface area contributed by atoms with Crippen LogP contribution < -0.4 is 10.1 Å². The Hall–Kier alpha value is -2.05. The summed E-state index contributed by atoms with van der Waals surface area (Å²) >= 11 is 0. The van der Waals surface area contributed by atoms with E-state index in [9.17, 15) is 4.79 Å². The lowest BCUT2D eigenvalue weighted by Gasteiger charge is -2.36. The molecule has 6 nitrogen and oxygen atoms in total. The van der Waals surface area contributed by atoms with E-state index in [0.717, 1.165) is 23.6 Å². The van der Waals surface area contributed by atoms with Gasteiger partial charge in [-0.2, -0.15) is 0 Å². The number of para-hydroxylation sites is 1. The van der Waals surface area contributed by atoms with Gasteiger partial charge in [0.05, 0.1) is 18.8 Å². The molecule has 0 saturated carbocycles. The quantitative estimate of drug-likeness (QED) is 0.902. The van der Waals surface area contributed by atoms with Crippen molar-refractivity contribution < 1.29 is 14.1 Å². The van der Waals surface area contributed by atoms with Crippen LogP contribution in [0.1, 0.15) is 47.6 Å². The van der Waals surface area contributed by atoms with Crippen LogP contribution in [0.5, 0.6) is 5.75 Å². The number of hydrogen-bond donors (Lipinski definition) is 1. The summed E-state index contributed by atoms with van der Waals surface area (Å²) in [4.78, 5) is 14.8. The molecule has 2 aromatic rings. The molecule has 1 unspecified atom stereocenters. The van der Waals surface area contributed by atoms with E-state index in [1.165, 1.54) is 0 Å². The molecule has 1 aromatic carbocycles. The second-order valence-corrected chi connectivity index (χ2v) is 6.23. The first kappa shape index (κ1) is 19.3. The first-order valence-electron chi connectivity index (χ1n) is 8.23. The number of piperazine rings is 1. The topological polar surface area (TPSA) is 67.6 Å². The Kier molecular flexibility index (Phi) is 6.45. The number of nitrogens with one attached hydrogen (secondary N) is 1. The largest absolute Gasteiger partial charge is 0.496 e. The minimum absolute atomic E-state index is 0. The summed E-state index contributed by atoms with van der Waals surface area (Å²) in [5.74, 6) is 1.17. The molecule has 0 spiro atoms. The summed E-state index contributed by atoms with van der Waals surface area (Å²) in [6.07, 6.45) is 0. The van der Waals surface area contributed by atoms with Gasteiger partial charge in [0.25, 0.3) is 5.91 Å². The van der Waals surface area contributed by atoms with Gasteiger partial charge >= 0.3 is 0 Å². The molecular weight excluding hydrogens is 342 g/mol. The highest BCUT2D eigenvalue weighted by atomic mass is 35.5. The Morgan fingerprint density at radius 3 is 2.84 bits per heavy atom. The molecule has 7 heteroatoms. The molecule has 0 bridgehead atoms. The number of nitrogens with zero attached hydrogens (tertiary/aromatic N) is 2. The van der Waals surface area contributed by atoms with E-state index < -0.39 is 0 Å². The average molecular weight is 366 g/mol. The normalized spacial score (nSPS) is 17.3. The number of carbonyl (C=O) groups is 1. The fourth-order valence-corrected chi connectivity index (χ4v) is 2.97. The van der Waals surface area contributed by atoms with E-state index in [1.807, 2.05) is 43.0 Å². The minimum Gasteiger partial charge on any atom is -0.496 e. The molecular formula is C18H24ClN3O3. The first-order chi connectivity index (χ1) is 11.6. The molecule has 1 saturated heterocycles. The van der Waals surface area contributed by atoms with Crippen molar-refractivity contribution in [3.63, 3.8) is 0 Å². The van der Waals surface area contributed by atoms with Gasteiger partial charge in [-0.05, 0) is 12.0 Å². The van der Waals surface area contributed by atoms with Gasteiger partial charge < -0.3 is 19.5 Å². The molecule has 2 heterocycles. The number of benzene rings is 1. The smallest absolute Gasteiger partial charge is 0.293 e. The highest BCUT2D eigenvalue weighted by Crippen LogP contribution is 2.31. The zero-order valence-corrected chi connectivity index (χ0v) is 15.5. The molecule has 136 valence electrons. The van der Waals surface area contributed by atoms with E-state index in [2.05, 4.69) is 10.5 Å². The van der Waals surface area contributed by atoms with Crippen molar-refractivity contribution in [2.24, 2.45) is 0 Å². The summed E-state index contributed by atoms with van der Waals surface area (Å²) in [6, 6.07) is 9.44. The van der Waals surface area contributed by atoms with Crippen LogP contribution in [-0.2, 0) is 0 Å². The van der Waals surface area contributed by atoms with Crippen LogP contribution in [0.4, 0.5) is 0 Å². The monoisotopic (exact) mass is 365 g/mol. The third-order valence-corrected chi connectivity index (χ3v) is 4.33. The molecule has 25 heavy (non-hydrogen) atoms. The van der Waals surface area contributed by atoms with Crippen molar-refractivity contribution in [1.82, 2.24) is 15.4 Å². The van der Waals surface area contributed by atoms with Crippen molar-refractivity contribution >= 4 is 18.3 Å². The zero-order chi connectivity index (χ0) is 17.1. The van der Waals surface area contributed by atoms with Gasteiger partial charge in [0, 0.05) is 31.3 Å². The lowest BCUT2D eigenvalue weighted by molar-refractivity contribution is 0.0589. The molecule has 0 aliphatic carbocycles. The summed E-state index contributed by atoms with van der Waals surface area (Å²) in [5.41, 5.74) is 1.78. The maximum absolute atomic E-state index is 12.9. The van der Waals surface area contributed by atoms with Crippen molar-refractivity contribution in [1.29, 1.82) is 0 Å². The molecule has 0 radical (unpaired) electrons. The Labute approximate surface area is 153 Å². The van der Waals surface area contributed by atoms with E-state index in [4.69, 9.17) is 9.26 Å². The van der Waals surface area contributed by atoms with E-state index in [-0.39, 0.29) is 30.3 Å². The van der Waals surface area contributed by atoms with Crippen molar-refractivity contribution in [2.75, 3.05) is 26.7 Å². The summed E-state index contributed by atoms with van der Waals surface area (Å²) < 4.78 is 10.8. The molecule has 1 fully saturated rings. The third-order valence-electron chi connectivity index (χ3n) is 4.33. The van der Waals surface area contributed by atoms with Gasteiger partial charge in [0.15, 0.2) is 0 Å². The molecule has 1 aliphatic rings. The fraction of sp³-hybridized carbons (Fsp3) is 0.444. The van der Waals surface area contributed by atoms with Crippen LogP contribution in [0.25, 0.3) is 0 Å². The lowest BCUT2D eigenvalue weighted by atomic mass is 10.0. The maximum Gasteiger partial charge on any atom is 0.293 e. The van der Waals surface area contributed by atoms with E-state index in [1.54, 1.807) is 13.2 Å². The molecule has 1 aliphatic heterocycles. The number of carbonyl (C=O) groups excluding carboxylic acids is 1. The van der Waals surface area contributed by atoms with Crippen LogP contribution in [0.3, 0.4) is 0 Å². The average Bonchev–Trinajstić information content (AvgIpc) is 3.11. The number of hydrogen-bond acceptors (Lipinski definition) is 5. The van der Waals surface area contributed by atoms with Gasteiger partial charge in [-0.25, -0.2) is 0 Å². The standard InChI is InChI=1S/C18H23N3O3.ClH/c1-12(2)14-10-17(24-20-14)18(22)21-9-8-19-11-15(21)13-6-4-5-7-16(13)23-3;/h4-7,10,12,15,19H,8-9,11H2,1-3H3;1H. The Morgan fingerprint density at radius 2 is 2.16 bits per heavy atom. The SMILES string of the molecule is COc1ccccc1C1CNCCN1C(=O)c1cc(C(C)C)no1.Cl. The number of ether oxygens (including phenoxy) is 1. The summed E-state index contributed by atoms with van der Waals surface area (Å²) in [7, 11) is 1.65. The van der Waals surface area contributed by atoms with Gasteiger partial charge in [0.2, 0.25) is 5.76 Å². The number of halogens is 1. The van der Waals surface area contributed by atoms with Gasteiger partial charge in [-0.1, -0.05) is 37.2 Å². The minimum atomic E-state index is -0.133. The van der Waals surface area contributed by atoms with Crippen LogP contribution in [0.2, 0.25) is 0 Å². The predicted octanol–water partition coefficient (Wildman–Crippen LogP) is 3.02. The van der Waals surface area contributed by atoms with Gasteiger partial charge in [-0.3, -0.25) is 4.79 Å². The fourth-order valence-electron chi connectivity index (χ4n) is 2.97. The number of amides is 1. The first-order valence-corrected chi connectivity index (χ1v) is 8.23. The predicted molar refractivity (Wildman–Crippen MR) is 97.5 cm³/mol. The van der Waals surface area contributed by atoms with Crippen LogP contribution in [0, 0.1) is 0 Å². The van der Waals surface area contributed by atoms with Crippen molar-refractivity contribution in [2.45, 2.75) is 25.8 Å². The van der Waals surface area contributed by atoms with E-state index >= 15 is 0 Å². The van der Waals surface area contributed by atoms with E-state index in [0.29, 0.717) is 18.8 Å². The van der Waals surface area contributed by atoms with Crippen LogP contribution in [-0.4, -0.2) is 42.7 Å². The highest BCUT2D eigenvalue weighted by Gasteiger charge is 2.32. The van der Waals surface area contributed by atoms with Crippen LogP contribution in [0.15, 0.2) is 34.9 Å². The number of rotatable bonds is 4. The Balaban J connectivity index is 0.00000225. The third kappa shape index (κ3) is 3.96. The zero-order valence-electron chi connectivity index (χ0n) is 14.7. The summed E-state index contributed by atoms with van der Waals surface area (Å²) in [5, 5.41) is 7.35. The lowest BCUT2D eigenvalue weighted by Crippen LogP contribution is -2.48. The molecule has 1 amide bonds. The van der Waals surface area contributed by atoms with Crippen molar-refractivity contribution in [3.8, 4) is 5.75 Å². The van der Waals surface area contributed by atoms with Gasteiger partial charge in [0.1, 0.15) is 5.75 Å². The molecule has 3 rings (SSSR count). The molecule has 1 atom stereocenters. The summed E-state index contributed by atoms with van der Waals surface area (Å²) in [6.45, 7) is 6.09. The Morgan fingerprint density at radius 1 is 1.40 bits per heavy atom. The maximum atomic E-state index is 12.9. The second kappa shape index (κ2) is 8.36. The number of methoxy groups -OCH3 is 1. The van der Waals surface area contributed by atoms with Crippen LogP contribution >= 0.6 is 12.4 Å². The highest BCUT2D eigenvalue weighted by molar-refractivity contribution is 5.92. The Bertz CT molecular complexity index is 717. The van der Waals surface area contributed by atoms with Crippen molar-refractivity contribution in [3.05, 3.63) is 47.3 Å². The van der Waals surface area contributed by atoms with Gasteiger partial charge in [-0.15, -0.1) is 12.4 Å². The second-order valence-electron chi connectivity index (χ2n) is 6.23.